The Labute approximate surface area is 211 Å². The molecular weight excluding hydrogens is 519 g/mol. The summed E-state index contributed by atoms with van der Waals surface area (Å²) in [6, 6.07) is 6.56. The van der Waals surface area contributed by atoms with E-state index in [4.69, 9.17) is 19.2 Å². The Morgan fingerprint density at radius 2 is 1.81 bits per heavy atom. The molecule has 1 aliphatic heterocycles. The number of piperidine rings is 1. The van der Waals surface area contributed by atoms with Crippen LogP contribution in [0.25, 0.3) is 0 Å². The summed E-state index contributed by atoms with van der Waals surface area (Å²) in [5.74, 6) is 2.39. The Kier molecular flexibility index (Phi) is 13.3. The first-order valence-electron chi connectivity index (χ1n) is 11.4. The van der Waals surface area contributed by atoms with Gasteiger partial charge in [-0.3, -0.25) is 4.99 Å². The van der Waals surface area contributed by atoms with Crippen molar-refractivity contribution in [2.45, 2.75) is 51.5 Å². The van der Waals surface area contributed by atoms with Crippen LogP contribution in [0.15, 0.2) is 23.2 Å². The van der Waals surface area contributed by atoms with E-state index in [1.807, 2.05) is 12.1 Å². The van der Waals surface area contributed by atoms with Crippen molar-refractivity contribution in [2.75, 3.05) is 60.7 Å². The van der Waals surface area contributed by atoms with Crippen molar-refractivity contribution in [3.05, 3.63) is 23.8 Å². The number of likely N-dealkylation sites (tertiary alicyclic amines) is 1. The van der Waals surface area contributed by atoms with E-state index in [1.165, 1.54) is 5.56 Å². The quantitative estimate of drug-likeness (QED) is 0.186. The second kappa shape index (κ2) is 14.8. The molecule has 0 spiro atoms. The Morgan fingerprint density at radius 3 is 2.41 bits per heavy atom. The molecule has 0 aliphatic carbocycles. The molecule has 1 aromatic rings. The molecule has 0 bridgehead atoms. The first-order chi connectivity index (χ1) is 14.9. The van der Waals surface area contributed by atoms with Crippen LogP contribution in [0.3, 0.4) is 0 Å². The first-order valence-corrected chi connectivity index (χ1v) is 11.4. The normalized spacial score (nSPS) is 15.8. The highest BCUT2D eigenvalue weighted by Gasteiger charge is 2.24. The first kappa shape index (κ1) is 28.8. The minimum atomic E-state index is -0.132. The van der Waals surface area contributed by atoms with Crippen molar-refractivity contribution in [3.8, 4) is 11.5 Å². The average Bonchev–Trinajstić information content (AvgIpc) is 2.78. The molecule has 32 heavy (non-hydrogen) atoms. The van der Waals surface area contributed by atoms with E-state index in [1.54, 1.807) is 21.3 Å². The monoisotopic (exact) mass is 562 g/mol. The van der Waals surface area contributed by atoms with E-state index in [0.29, 0.717) is 12.6 Å². The number of halogens is 1. The number of ether oxygens (including phenoxy) is 3. The van der Waals surface area contributed by atoms with Crippen LogP contribution >= 0.6 is 24.0 Å². The van der Waals surface area contributed by atoms with Crippen LogP contribution in [0, 0.1) is 0 Å². The molecular formula is C24H43IN4O3. The number of nitrogens with one attached hydrogen (secondary N) is 2. The number of hydrogen-bond acceptors (Lipinski definition) is 5. The summed E-state index contributed by atoms with van der Waals surface area (Å²) < 4.78 is 16.0. The van der Waals surface area contributed by atoms with Gasteiger partial charge in [-0.25, -0.2) is 0 Å². The van der Waals surface area contributed by atoms with E-state index >= 15 is 0 Å². The van der Waals surface area contributed by atoms with E-state index in [9.17, 15) is 0 Å². The molecule has 7 nitrogen and oxygen atoms in total. The molecule has 1 saturated heterocycles. The maximum atomic E-state index is 5.48. The molecule has 1 aromatic carbocycles. The molecule has 2 rings (SSSR count). The number of rotatable bonds is 11. The maximum Gasteiger partial charge on any atom is 0.191 e. The van der Waals surface area contributed by atoms with E-state index in [0.717, 1.165) is 69.5 Å². The number of methoxy groups -OCH3 is 3. The Balaban J connectivity index is 0.00000512. The third-order valence-electron chi connectivity index (χ3n) is 5.89. The summed E-state index contributed by atoms with van der Waals surface area (Å²) in [6.45, 7) is 12.2. The van der Waals surface area contributed by atoms with Gasteiger partial charge in [0.25, 0.3) is 0 Å². The highest BCUT2D eigenvalue weighted by Crippen LogP contribution is 2.33. The second-order valence-electron chi connectivity index (χ2n) is 8.76. The van der Waals surface area contributed by atoms with Crippen LogP contribution in [0.4, 0.5) is 0 Å². The standard InChI is InChI=1S/C24H42N4O3.HI/c1-7-25-23(27-20-11-14-28(15-12-20)13-8-16-29-4)26-18-24(2,3)19-9-10-21(30-5)22(17-19)31-6;/h9-10,17,20H,7-8,11-16,18H2,1-6H3,(H2,25,26,27);1H. The van der Waals surface area contributed by atoms with Crippen molar-refractivity contribution in [3.63, 3.8) is 0 Å². The Morgan fingerprint density at radius 1 is 1.12 bits per heavy atom. The second-order valence-corrected chi connectivity index (χ2v) is 8.76. The van der Waals surface area contributed by atoms with Gasteiger partial charge in [0.15, 0.2) is 17.5 Å². The molecule has 1 heterocycles. The molecule has 0 amide bonds. The van der Waals surface area contributed by atoms with Crippen LogP contribution in [0.1, 0.15) is 45.6 Å². The number of nitrogens with zero attached hydrogens (tertiary/aromatic N) is 2. The zero-order valence-electron chi connectivity index (χ0n) is 20.7. The van der Waals surface area contributed by atoms with E-state index < -0.39 is 0 Å². The van der Waals surface area contributed by atoms with E-state index in [2.05, 4.69) is 42.4 Å². The van der Waals surface area contributed by atoms with Crippen molar-refractivity contribution in [1.82, 2.24) is 15.5 Å². The highest BCUT2D eigenvalue weighted by atomic mass is 127. The minimum Gasteiger partial charge on any atom is -0.493 e. The van der Waals surface area contributed by atoms with E-state index in [-0.39, 0.29) is 29.4 Å². The highest BCUT2D eigenvalue weighted by molar-refractivity contribution is 14.0. The molecule has 0 radical (unpaired) electrons. The molecule has 1 aliphatic rings. The average molecular weight is 563 g/mol. The lowest BCUT2D eigenvalue weighted by molar-refractivity contribution is 0.155. The Bertz CT molecular complexity index is 692. The number of aliphatic imine (C=N–C) groups is 1. The number of benzene rings is 1. The lowest BCUT2D eigenvalue weighted by atomic mass is 9.84. The largest absolute Gasteiger partial charge is 0.493 e. The molecule has 0 saturated carbocycles. The number of guanidine groups is 1. The van der Waals surface area contributed by atoms with Gasteiger partial charge in [0, 0.05) is 51.4 Å². The smallest absolute Gasteiger partial charge is 0.191 e. The third-order valence-corrected chi connectivity index (χ3v) is 5.89. The summed E-state index contributed by atoms with van der Waals surface area (Å²) in [5.41, 5.74) is 1.04. The van der Waals surface area contributed by atoms with Crippen LogP contribution in [0.5, 0.6) is 11.5 Å². The van der Waals surface area contributed by atoms with Gasteiger partial charge in [0.2, 0.25) is 0 Å². The van der Waals surface area contributed by atoms with Crippen LogP contribution < -0.4 is 20.1 Å². The van der Waals surface area contributed by atoms with Crippen LogP contribution in [0.2, 0.25) is 0 Å². The molecule has 1 fully saturated rings. The van der Waals surface area contributed by atoms with Gasteiger partial charge in [-0.05, 0) is 43.9 Å². The van der Waals surface area contributed by atoms with Crippen molar-refractivity contribution >= 4 is 29.9 Å². The van der Waals surface area contributed by atoms with Gasteiger partial charge in [-0.15, -0.1) is 24.0 Å². The summed E-state index contributed by atoms with van der Waals surface area (Å²) >= 11 is 0. The van der Waals surface area contributed by atoms with Gasteiger partial charge in [0.05, 0.1) is 20.8 Å². The molecule has 0 unspecified atom stereocenters. The SMILES string of the molecule is CCNC(=NCC(C)(C)c1ccc(OC)c(OC)c1)NC1CCN(CCCOC)CC1.I. The fraction of sp³-hybridized carbons (Fsp3) is 0.708. The molecule has 184 valence electrons. The van der Waals surface area contributed by atoms with Gasteiger partial charge in [0.1, 0.15) is 0 Å². The van der Waals surface area contributed by atoms with Gasteiger partial charge in [-0.2, -0.15) is 0 Å². The van der Waals surface area contributed by atoms with Gasteiger partial charge < -0.3 is 29.7 Å². The van der Waals surface area contributed by atoms with Crippen molar-refractivity contribution in [1.29, 1.82) is 0 Å². The molecule has 2 N–H and O–H groups in total. The Hall–Kier alpha value is -1.26. The predicted octanol–water partition coefficient (Wildman–Crippen LogP) is 3.66. The van der Waals surface area contributed by atoms with Crippen LogP contribution in [-0.2, 0) is 10.2 Å². The lowest BCUT2D eigenvalue weighted by Crippen LogP contribution is -2.49. The molecule has 0 aromatic heterocycles. The van der Waals surface area contributed by atoms with Gasteiger partial charge >= 0.3 is 0 Å². The molecule has 0 atom stereocenters. The van der Waals surface area contributed by atoms with Crippen molar-refractivity contribution < 1.29 is 14.2 Å². The minimum absolute atomic E-state index is 0. The number of hydrogen-bond donors (Lipinski definition) is 2. The summed E-state index contributed by atoms with van der Waals surface area (Å²) in [4.78, 5) is 7.45. The fourth-order valence-electron chi connectivity index (χ4n) is 3.87. The third kappa shape index (κ3) is 8.94. The summed E-state index contributed by atoms with van der Waals surface area (Å²) in [6.07, 6.45) is 3.37. The van der Waals surface area contributed by atoms with Crippen LogP contribution in [-0.4, -0.2) is 77.6 Å². The topological polar surface area (TPSA) is 67.4 Å². The summed E-state index contributed by atoms with van der Waals surface area (Å²) in [5, 5.41) is 7.06. The van der Waals surface area contributed by atoms with Gasteiger partial charge in [-0.1, -0.05) is 19.9 Å². The zero-order chi connectivity index (χ0) is 22.7. The predicted molar refractivity (Wildman–Crippen MR) is 143 cm³/mol. The van der Waals surface area contributed by atoms with Crippen molar-refractivity contribution in [2.24, 2.45) is 4.99 Å². The maximum absolute atomic E-state index is 5.48. The summed E-state index contributed by atoms with van der Waals surface area (Å²) in [7, 11) is 5.10. The zero-order valence-corrected chi connectivity index (χ0v) is 23.0. The lowest BCUT2D eigenvalue weighted by Gasteiger charge is -2.33. The molecule has 8 heteroatoms. The fourth-order valence-corrected chi connectivity index (χ4v) is 3.87.